The number of rotatable bonds is 6. The number of nitrogens with one attached hydrogen (secondary N) is 1. The zero-order valence-corrected chi connectivity index (χ0v) is 18.2. The number of hydrogen-bond acceptors (Lipinski definition) is 3. The normalized spacial score (nSPS) is 11.2. The minimum absolute atomic E-state index is 0.148. The second kappa shape index (κ2) is 9.43. The fraction of sp³-hybridized carbons (Fsp3) is 0.148. The molecule has 0 saturated carbocycles. The van der Waals surface area contributed by atoms with E-state index in [1.165, 1.54) is 5.56 Å². The van der Waals surface area contributed by atoms with Crippen molar-refractivity contribution in [1.29, 1.82) is 0 Å². The van der Waals surface area contributed by atoms with Crippen molar-refractivity contribution >= 4 is 22.9 Å². The van der Waals surface area contributed by atoms with Crippen LogP contribution in [0.15, 0.2) is 83.7 Å². The quantitative estimate of drug-likeness (QED) is 0.454. The highest BCUT2D eigenvalue weighted by Gasteiger charge is 2.15. The zero-order valence-electron chi connectivity index (χ0n) is 18.2. The Labute approximate surface area is 187 Å². The molecule has 0 aliphatic rings. The highest BCUT2D eigenvalue weighted by atomic mass is 16.2. The summed E-state index contributed by atoms with van der Waals surface area (Å²) in [5.41, 5.74) is 4.71. The molecular weight excluding hydrogens is 398 g/mol. The Hall–Kier alpha value is -3.99. The number of carbonyl (C=O) groups excluding carboxylic acids is 1. The molecule has 5 heteroatoms. The van der Waals surface area contributed by atoms with E-state index < -0.39 is 0 Å². The van der Waals surface area contributed by atoms with Gasteiger partial charge in [0.1, 0.15) is 5.82 Å². The van der Waals surface area contributed by atoms with Crippen LogP contribution in [0.5, 0.6) is 0 Å². The van der Waals surface area contributed by atoms with E-state index in [0.29, 0.717) is 23.3 Å². The maximum absolute atomic E-state index is 13.2. The van der Waals surface area contributed by atoms with E-state index in [2.05, 4.69) is 16.0 Å². The van der Waals surface area contributed by atoms with Gasteiger partial charge >= 0.3 is 0 Å². The molecule has 1 aromatic heterocycles. The Morgan fingerprint density at radius 2 is 1.72 bits per heavy atom. The molecule has 0 aliphatic heterocycles. The molecule has 1 N–H and O–H groups in total. The van der Waals surface area contributed by atoms with Gasteiger partial charge in [-0.15, -0.1) is 0 Å². The SMILES string of the molecule is Cc1ccc(/C=C\C(=O)N(Cc2ccccc2)Cc2nc3ccccc3c(=O)[nH]2)c(C)c1. The predicted octanol–water partition coefficient (Wildman–Crippen LogP) is 4.78. The maximum atomic E-state index is 13.2. The average Bonchev–Trinajstić information content (AvgIpc) is 2.78. The van der Waals surface area contributed by atoms with Crippen LogP contribution in [0.3, 0.4) is 0 Å². The van der Waals surface area contributed by atoms with Gasteiger partial charge in [-0.05, 0) is 48.7 Å². The van der Waals surface area contributed by atoms with E-state index >= 15 is 0 Å². The summed E-state index contributed by atoms with van der Waals surface area (Å²) in [6.07, 6.45) is 3.42. The number of H-pyrrole nitrogens is 1. The fourth-order valence-corrected chi connectivity index (χ4v) is 3.69. The summed E-state index contributed by atoms with van der Waals surface area (Å²) in [6, 6.07) is 23.1. The van der Waals surface area contributed by atoms with Crippen LogP contribution in [0.4, 0.5) is 0 Å². The van der Waals surface area contributed by atoms with Crippen molar-refractivity contribution < 1.29 is 4.79 Å². The molecule has 3 aromatic carbocycles. The number of hydrogen-bond donors (Lipinski definition) is 1. The second-order valence-corrected chi connectivity index (χ2v) is 7.90. The van der Waals surface area contributed by atoms with Gasteiger partial charge in [0.05, 0.1) is 17.4 Å². The third-order valence-electron chi connectivity index (χ3n) is 5.36. The molecule has 0 fully saturated rings. The Morgan fingerprint density at radius 1 is 0.969 bits per heavy atom. The van der Waals surface area contributed by atoms with Crippen molar-refractivity contribution in [3.8, 4) is 0 Å². The van der Waals surface area contributed by atoms with Gasteiger partial charge in [0, 0.05) is 12.6 Å². The molecule has 4 rings (SSSR count). The number of aromatic amines is 1. The van der Waals surface area contributed by atoms with E-state index in [4.69, 9.17) is 0 Å². The van der Waals surface area contributed by atoms with E-state index in [1.807, 2.05) is 74.5 Å². The van der Waals surface area contributed by atoms with Crippen LogP contribution in [0, 0.1) is 13.8 Å². The molecule has 0 saturated heterocycles. The molecular formula is C27H25N3O2. The molecule has 0 bridgehead atoms. The maximum Gasteiger partial charge on any atom is 0.258 e. The van der Waals surface area contributed by atoms with Crippen molar-refractivity contribution in [2.45, 2.75) is 26.9 Å². The number of carbonyl (C=O) groups is 1. The van der Waals surface area contributed by atoms with Crippen LogP contribution >= 0.6 is 0 Å². The number of para-hydroxylation sites is 1. The molecule has 0 atom stereocenters. The fourth-order valence-electron chi connectivity index (χ4n) is 3.69. The second-order valence-electron chi connectivity index (χ2n) is 7.90. The third-order valence-corrected chi connectivity index (χ3v) is 5.36. The first-order valence-electron chi connectivity index (χ1n) is 10.6. The van der Waals surface area contributed by atoms with Crippen LogP contribution in [-0.4, -0.2) is 20.8 Å². The van der Waals surface area contributed by atoms with Crippen molar-refractivity contribution in [2.75, 3.05) is 0 Å². The van der Waals surface area contributed by atoms with Crippen molar-refractivity contribution in [3.63, 3.8) is 0 Å². The van der Waals surface area contributed by atoms with E-state index in [0.717, 1.165) is 16.7 Å². The standard InChI is InChI=1S/C27H25N3O2/c1-19-12-13-22(20(2)16-19)14-15-26(31)30(17-21-8-4-3-5-9-21)18-25-28-24-11-7-6-10-23(24)27(32)29-25/h3-16H,17-18H2,1-2H3,(H,28,29,32)/b15-14-. The number of amides is 1. The highest BCUT2D eigenvalue weighted by Crippen LogP contribution is 2.14. The zero-order chi connectivity index (χ0) is 22.5. The van der Waals surface area contributed by atoms with Crippen molar-refractivity contribution in [3.05, 3.63) is 117 Å². The molecule has 160 valence electrons. The van der Waals surface area contributed by atoms with Crippen LogP contribution in [0.1, 0.15) is 28.1 Å². The lowest BCUT2D eigenvalue weighted by molar-refractivity contribution is -0.127. The summed E-state index contributed by atoms with van der Waals surface area (Å²) in [4.78, 5) is 34.7. The smallest absolute Gasteiger partial charge is 0.258 e. The van der Waals surface area contributed by atoms with Crippen LogP contribution in [0.2, 0.25) is 0 Å². The summed E-state index contributed by atoms with van der Waals surface area (Å²) in [5, 5.41) is 0.534. The van der Waals surface area contributed by atoms with Gasteiger partial charge in [-0.2, -0.15) is 0 Å². The number of nitrogens with zero attached hydrogens (tertiary/aromatic N) is 2. The Bertz CT molecular complexity index is 1340. The molecule has 0 unspecified atom stereocenters. The predicted molar refractivity (Wildman–Crippen MR) is 128 cm³/mol. The minimum Gasteiger partial charge on any atom is -0.327 e. The number of benzene rings is 3. The number of fused-ring (bicyclic) bond motifs is 1. The minimum atomic E-state index is -0.205. The topological polar surface area (TPSA) is 66.1 Å². The van der Waals surface area contributed by atoms with Gasteiger partial charge in [0.2, 0.25) is 5.91 Å². The summed E-state index contributed by atoms with van der Waals surface area (Å²) in [6.45, 7) is 4.69. The summed E-state index contributed by atoms with van der Waals surface area (Å²) in [7, 11) is 0. The molecule has 0 spiro atoms. The van der Waals surface area contributed by atoms with Gasteiger partial charge < -0.3 is 9.88 Å². The van der Waals surface area contributed by atoms with E-state index in [1.54, 1.807) is 23.1 Å². The molecule has 1 amide bonds. The summed E-state index contributed by atoms with van der Waals surface area (Å²) >= 11 is 0. The first-order valence-corrected chi connectivity index (χ1v) is 10.6. The van der Waals surface area contributed by atoms with E-state index in [9.17, 15) is 9.59 Å². The summed E-state index contributed by atoms with van der Waals surface area (Å²) < 4.78 is 0. The first-order chi connectivity index (χ1) is 15.5. The lowest BCUT2D eigenvalue weighted by Crippen LogP contribution is -2.30. The monoisotopic (exact) mass is 423 g/mol. The van der Waals surface area contributed by atoms with Crippen LogP contribution < -0.4 is 5.56 Å². The third kappa shape index (κ3) is 5.01. The van der Waals surface area contributed by atoms with Gasteiger partial charge in [0.15, 0.2) is 0 Å². The average molecular weight is 424 g/mol. The molecule has 0 radical (unpaired) electrons. The van der Waals surface area contributed by atoms with Crippen molar-refractivity contribution in [1.82, 2.24) is 14.9 Å². The van der Waals surface area contributed by atoms with Gasteiger partial charge in [-0.25, -0.2) is 4.98 Å². The Morgan fingerprint density at radius 3 is 2.50 bits per heavy atom. The van der Waals surface area contributed by atoms with Crippen molar-refractivity contribution in [2.24, 2.45) is 0 Å². The number of aryl methyl sites for hydroxylation is 2. The largest absolute Gasteiger partial charge is 0.327 e. The lowest BCUT2D eigenvalue weighted by Gasteiger charge is -2.21. The van der Waals surface area contributed by atoms with Gasteiger partial charge in [0.25, 0.3) is 5.56 Å². The molecule has 32 heavy (non-hydrogen) atoms. The van der Waals surface area contributed by atoms with Crippen LogP contribution in [-0.2, 0) is 17.9 Å². The molecule has 1 heterocycles. The highest BCUT2D eigenvalue weighted by molar-refractivity contribution is 5.92. The molecule has 0 aliphatic carbocycles. The lowest BCUT2D eigenvalue weighted by atomic mass is 10.1. The Kier molecular flexibility index (Phi) is 6.26. The van der Waals surface area contributed by atoms with E-state index in [-0.39, 0.29) is 18.0 Å². The first kappa shape index (κ1) is 21.2. The molecule has 4 aromatic rings. The molecule has 5 nitrogen and oxygen atoms in total. The van der Waals surface area contributed by atoms with Gasteiger partial charge in [-0.3, -0.25) is 9.59 Å². The van der Waals surface area contributed by atoms with Crippen LogP contribution in [0.25, 0.3) is 17.0 Å². The Balaban J connectivity index is 1.63. The number of aromatic nitrogens is 2. The summed E-state index contributed by atoms with van der Waals surface area (Å²) in [5.74, 6) is 0.308. The van der Waals surface area contributed by atoms with Gasteiger partial charge in [-0.1, -0.05) is 66.2 Å².